The molecule has 1 N–H and O–H groups in total. The molecule has 2 aromatic rings. The molecule has 0 spiro atoms. The molecule has 0 bridgehead atoms. The molecule has 0 aliphatic carbocycles. The van der Waals surface area contributed by atoms with Crippen molar-refractivity contribution < 1.29 is 27.5 Å². The summed E-state index contributed by atoms with van der Waals surface area (Å²) in [6.07, 6.45) is 0.231. The third-order valence-electron chi connectivity index (χ3n) is 4.96. The number of alkyl halides is 3. The molecule has 3 nitrogen and oxygen atoms in total. The smallest absolute Gasteiger partial charge is 0.416 e. The van der Waals surface area contributed by atoms with Gasteiger partial charge in [-0.15, -0.1) is 0 Å². The Balaban J connectivity index is 2.09. The lowest BCUT2D eigenvalue weighted by atomic mass is 9.96. The summed E-state index contributed by atoms with van der Waals surface area (Å²) in [5, 5.41) is 10.0. The van der Waals surface area contributed by atoms with Gasteiger partial charge in [-0.1, -0.05) is 36.4 Å². The molecule has 0 fully saturated rings. The third-order valence-corrected chi connectivity index (χ3v) is 5.28. The first-order chi connectivity index (χ1) is 14.9. The first-order valence-corrected chi connectivity index (χ1v) is 9.74. The molecular weight excluding hydrogens is 446 g/mol. The quantitative estimate of drug-likeness (QED) is 0.295. The second kappa shape index (κ2) is 8.67. The van der Waals surface area contributed by atoms with Gasteiger partial charge in [0.25, 0.3) is 5.91 Å². The number of carbonyl (C=O) groups excluding carboxylic acids is 1. The molecule has 2 aromatic carbocycles. The third kappa shape index (κ3) is 4.48. The van der Waals surface area contributed by atoms with E-state index in [1.54, 1.807) is 19.1 Å². The van der Waals surface area contributed by atoms with Crippen molar-refractivity contribution in [3.05, 3.63) is 100 Å². The Kier molecular flexibility index (Phi) is 6.32. The number of nitrogens with zero attached hydrogens (tertiary/aromatic N) is 1. The number of carbonyl (C=O) groups is 1. The molecular formula is C24H18ClF4NO2. The van der Waals surface area contributed by atoms with E-state index in [-0.39, 0.29) is 27.3 Å². The van der Waals surface area contributed by atoms with E-state index < -0.39 is 29.2 Å². The molecule has 0 aromatic heterocycles. The van der Waals surface area contributed by atoms with Crippen molar-refractivity contribution in [1.82, 2.24) is 4.90 Å². The maximum absolute atomic E-state index is 14.8. The standard InChI is InChI=1S/C24H18ClF4NO2/c1-13-5-4-10-30(14(13)2)23(32)22(15(3)31)19-11-16(6-9-21(19)26)18-8-7-17(12-20(18)25)24(27,28)29/h4-12,31H,2H2,1,3H3/b22-15+. The Bertz CT molecular complexity index is 1200. The van der Waals surface area contributed by atoms with Crippen LogP contribution in [-0.2, 0) is 11.0 Å². The van der Waals surface area contributed by atoms with E-state index in [0.29, 0.717) is 11.3 Å². The maximum Gasteiger partial charge on any atom is 0.416 e. The Morgan fingerprint density at radius 2 is 1.84 bits per heavy atom. The average molecular weight is 464 g/mol. The minimum atomic E-state index is -4.57. The van der Waals surface area contributed by atoms with E-state index in [9.17, 15) is 27.5 Å². The molecule has 0 saturated heterocycles. The molecule has 1 aliphatic rings. The van der Waals surface area contributed by atoms with Crippen molar-refractivity contribution in [1.29, 1.82) is 0 Å². The predicted molar refractivity (Wildman–Crippen MR) is 116 cm³/mol. The van der Waals surface area contributed by atoms with Crippen molar-refractivity contribution in [3.63, 3.8) is 0 Å². The van der Waals surface area contributed by atoms with Crippen LogP contribution in [0.5, 0.6) is 0 Å². The second-order valence-electron chi connectivity index (χ2n) is 7.16. The zero-order chi connectivity index (χ0) is 23.8. The number of amides is 1. The van der Waals surface area contributed by atoms with Crippen LogP contribution >= 0.6 is 11.6 Å². The van der Waals surface area contributed by atoms with Crippen molar-refractivity contribution in [2.75, 3.05) is 0 Å². The van der Waals surface area contributed by atoms with Gasteiger partial charge in [-0.25, -0.2) is 4.39 Å². The summed E-state index contributed by atoms with van der Waals surface area (Å²) in [7, 11) is 0. The number of allylic oxidation sites excluding steroid dienone is 4. The molecule has 166 valence electrons. The molecule has 32 heavy (non-hydrogen) atoms. The van der Waals surface area contributed by atoms with Crippen LogP contribution in [0, 0.1) is 5.82 Å². The molecule has 0 atom stereocenters. The number of halogens is 5. The highest BCUT2D eigenvalue weighted by Crippen LogP contribution is 2.37. The molecule has 1 amide bonds. The topological polar surface area (TPSA) is 40.5 Å². The van der Waals surface area contributed by atoms with E-state index in [4.69, 9.17) is 11.6 Å². The Hall–Kier alpha value is -3.32. The first-order valence-electron chi connectivity index (χ1n) is 9.36. The highest BCUT2D eigenvalue weighted by atomic mass is 35.5. The van der Waals surface area contributed by atoms with Crippen molar-refractivity contribution >= 4 is 23.1 Å². The van der Waals surface area contributed by atoms with Crippen molar-refractivity contribution in [2.45, 2.75) is 20.0 Å². The summed E-state index contributed by atoms with van der Waals surface area (Å²) in [4.78, 5) is 14.4. The monoisotopic (exact) mass is 463 g/mol. The summed E-state index contributed by atoms with van der Waals surface area (Å²) in [6, 6.07) is 6.45. The summed E-state index contributed by atoms with van der Waals surface area (Å²) in [6.45, 7) is 6.82. The van der Waals surface area contributed by atoms with Crippen LogP contribution in [0.25, 0.3) is 16.7 Å². The number of hydrogen-bond acceptors (Lipinski definition) is 2. The maximum atomic E-state index is 14.8. The zero-order valence-electron chi connectivity index (χ0n) is 17.1. The van der Waals surface area contributed by atoms with E-state index in [2.05, 4.69) is 6.58 Å². The fourth-order valence-corrected chi connectivity index (χ4v) is 3.52. The minimum absolute atomic E-state index is 0.192. The first kappa shape index (κ1) is 23.3. The number of hydrogen-bond donors (Lipinski definition) is 1. The molecule has 1 heterocycles. The predicted octanol–water partition coefficient (Wildman–Crippen LogP) is 7.27. The minimum Gasteiger partial charge on any atom is -0.512 e. The highest BCUT2D eigenvalue weighted by Gasteiger charge is 2.31. The number of aliphatic hydroxyl groups is 1. The van der Waals surface area contributed by atoms with Gasteiger partial charge in [0.15, 0.2) is 0 Å². The second-order valence-corrected chi connectivity index (χ2v) is 7.57. The summed E-state index contributed by atoms with van der Waals surface area (Å²) >= 11 is 6.07. The van der Waals surface area contributed by atoms with Crippen LogP contribution in [0.3, 0.4) is 0 Å². The van der Waals surface area contributed by atoms with E-state index in [1.165, 1.54) is 36.2 Å². The fraction of sp³-hybridized carbons (Fsp3) is 0.125. The van der Waals surface area contributed by atoms with Gasteiger partial charge in [0.2, 0.25) is 0 Å². The molecule has 1 aliphatic heterocycles. The zero-order valence-corrected chi connectivity index (χ0v) is 17.9. The van der Waals surface area contributed by atoms with Crippen LogP contribution in [0.15, 0.2) is 78.4 Å². The van der Waals surface area contributed by atoms with E-state index in [1.807, 2.05) is 0 Å². The average Bonchev–Trinajstić information content (AvgIpc) is 2.70. The summed E-state index contributed by atoms with van der Waals surface area (Å²) in [5.41, 5.74) is 0.0967. The summed E-state index contributed by atoms with van der Waals surface area (Å²) < 4.78 is 53.6. The van der Waals surface area contributed by atoms with Gasteiger partial charge in [-0.2, -0.15) is 13.2 Å². The summed E-state index contributed by atoms with van der Waals surface area (Å²) in [5.74, 6) is -1.95. The lowest BCUT2D eigenvalue weighted by Crippen LogP contribution is -2.28. The number of rotatable bonds is 3. The lowest BCUT2D eigenvalue weighted by molar-refractivity contribution is -0.137. The van der Waals surface area contributed by atoms with Crippen LogP contribution in [-0.4, -0.2) is 15.9 Å². The van der Waals surface area contributed by atoms with Gasteiger partial charge in [0, 0.05) is 28.0 Å². The van der Waals surface area contributed by atoms with Gasteiger partial charge in [-0.05, 0) is 55.3 Å². The molecule has 0 unspecified atom stereocenters. The van der Waals surface area contributed by atoms with Crippen molar-refractivity contribution in [2.24, 2.45) is 0 Å². The van der Waals surface area contributed by atoms with Gasteiger partial charge in [0.05, 0.1) is 11.1 Å². The van der Waals surface area contributed by atoms with E-state index >= 15 is 0 Å². The number of benzene rings is 2. The molecule has 0 radical (unpaired) electrons. The molecule has 8 heteroatoms. The Labute approximate surface area is 187 Å². The van der Waals surface area contributed by atoms with Gasteiger partial charge >= 0.3 is 6.18 Å². The van der Waals surface area contributed by atoms with Gasteiger partial charge < -0.3 is 5.11 Å². The normalized spacial score (nSPS) is 14.9. The number of aliphatic hydroxyl groups excluding tert-OH is 1. The van der Waals surface area contributed by atoms with E-state index in [0.717, 1.165) is 18.2 Å². The lowest BCUT2D eigenvalue weighted by Gasteiger charge is -2.25. The highest BCUT2D eigenvalue weighted by molar-refractivity contribution is 6.33. The molecule has 0 saturated carbocycles. The Morgan fingerprint density at radius 3 is 2.44 bits per heavy atom. The van der Waals surface area contributed by atoms with Crippen LogP contribution in [0.1, 0.15) is 25.0 Å². The fourth-order valence-electron chi connectivity index (χ4n) is 3.24. The Morgan fingerprint density at radius 1 is 1.16 bits per heavy atom. The van der Waals surface area contributed by atoms with Gasteiger partial charge in [0.1, 0.15) is 11.6 Å². The van der Waals surface area contributed by atoms with Crippen LogP contribution in [0.4, 0.5) is 17.6 Å². The van der Waals surface area contributed by atoms with Gasteiger partial charge in [-0.3, -0.25) is 9.69 Å². The molecule has 3 rings (SSSR count). The van der Waals surface area contributed by atoms with Crippen LogP contribution < -0.4 is 0 Å². The van der Waals surface area contributed by atoms with Crippen molar-refractivity contribution in [3.8, 4) is 11.1 Å². The van der Waals surface area contributed by atoms with Crippen LogP contribution in [0.2, 0.25) is 5.02 Å². The largest absolute Gasteiger partial charge is 0.512 e. The SMILES string of the molecule is C=C1C(C)=CC=CN1C(=O)/C(=C(\C)O)c1cc(-c2ccc(C(F)(F)F)cc2Cl)ccc1F.